The van der Waals surface area contributed by atoms with E-state index >= 15 is 0 Å². The van der Waals surface area contributed by atoms with Gasteiger partial charge in [0.05, 0.1) is 7.11 Å². The molecular weight excluding hydrogens is 605 g/mol. The number of ether oxygens (including phenoxy) is 1. The van der Waals surface area contributed by atoms with Crippen molar-refractivity contribution in [3.05, 3.63) is 139 Å². The minimum Gasteiger partial charge on any atom is -0.497 e. The standard InChI is InChI=1S/C49H50O/c1-3-4-5-6-7-8-9-10-11-12-16-36-21-22-42-34-41(28-27-40(42)33-36)37-23-25-38(26-24-37)45-19-15-20-47-48(45)35-43-17-13-14-18-46(43)49(47)39-29-31-44(50-2)32-30-39/h13-15,17-35H,3-12,16H2,1-2H3. The second-order valence-corrected chi connectivity index (χ2v) is 14.0. The highest BCUT2D eigenvalue weighted by Gasteiger charge is 2.14. The Morgan fingerprint density at radius 2 is 1.04 bits per heavy atom. The van der Waals surface area contributed by atoms with Gasteiger partial charge in [-0.25, -0.2) is 0 Å². The summed E-state index contributed by atoms with van der Waals surface area (Å²) in [7, 11) is 1.72. The number of rotatable bonds is 15. The average molecular weight is 655 g/mol. The molecule has 0 aliphatic heterocycles. The Morgan fingerprint density at radius 1 is 0.420 bits per heavy atom. The Labute approximate surface area is 299 Å². The van der Waals surface area contributed by atoms with Gasteiger partial charge in [-0.15, -0.1) is 0 Å². The Kier molecular flexibility index (Phi) is 10.9. The van der Waals surface area contributed by atoms with Crippen molar-refractivity contribution in [2.75, 3.05) is 7.11 Å². The van der Waals surface area contributed by atoms with Crippen molar-refractivity contribution in [2.24, 2.45) is 0 Å². The topological polar surface area (TPSA) is 9.23 Å². The smallest absolute Gasteiger partial charge is 0.118 e. The molecule has 0 radical (unpaired) electrons. The lowest BCUT2D eigenvalue weighted by Gasteiger charge is -2.15. The zero-order chi connectivity index (χ0) is 34.1. The summed E-state index contributed by atoms with van der Waals surface area (Å²) in [6, 6.07) is 49.4. The van der Waals surface area contributed by atoms with Gasteiger partial charge in [0.25, 0.3) is 0 Å². The Balaban J connectivity index is 1.07. The fourth-order valence-corrected chi connectivity index (χ4v) is 7.70. The van der Waals surface area contributed by atoms with E-state index in [4.69, 9.17) is 4.74 Å². The molecule has 0 aliphatic carbocycles. The molecule has 1 nitrogen and oxygen atoms in total. The molecule has 0 unspecified atom stereocenters. The minimum atomic E-state index is 0.870. The number of fused-ring (bicyclic) bond motifs is 3. The molecule has 0 saturated heterocycles. The lowest BCUT2D eigenvalue weighted by atomic mass is 9.88. The van der Waals surface area contributed by atoms with E-state index in [2.05, 4.69) is 140 Å². The van der Waals surface area contributed by atoms with E-state index < -0.39 is 0 Å². The molecule has 0 fully saturated rings. The SMILES string of the molecule is CCCCCCCCCCCCc1ccc2cc(-c3ccc(-c4cccc5c(-c6ccc(OC)cc6)c6ccccc6cc45)cc3)ccc2c1. The molecule has 7 aromatic rings. The summed E-state index contributed by atoms with van der Waals surface area (Å²) < 4.78 is 5.46. The maximum atomic E-state index is 5.46. The van der Waals surface area contributed by atoms with Gasteiger partial charge in [-0.2, -0.15) is 0 Å². The maximum absolute atomic E-state index is 5.46. The third kappa shape index (κ3) is 7.63. The van der Waals surface area contributed by atoms with E-state index in [1.165, 1.54) is 142 Å². The van der Waals surface area contributed by atoms with Gasteiger partial charge < -0.3 is 4.74 Å². The van der Waals surface area contributed by atoms with Crippen LogP contribution in [0.4, 0.5) is 0 Å². The highest BCUT2D eigenvalue weighted by molar-refractivity contribution is 6.16. The molecule has 0 N–H and O–H groups in total. The fraction of sp³-hybridized carbons (Fsp3) is 0.265. The quantitative estimate of drug-likeness (QED) is 0.0790. The van der Waals surface area contributed by atoms with Crippen molar-refractivity contribution in [1.29, 1.82) is 0 Å². The van der Waals surface area contributed by atoms with E-state index in [1.807, 2.05) is 0 Å². The van der Waals surface area contributed by atoms with Crippen molar-refractivity contribution < 1.29 is 4.74 Å². The Hall–Kier alpha value is -4.88. The van der Waals surface area contributed by atoms with Gasteiger partial charge in [-0.1, -0.05) is 174 Å². The minimum absolute atomic E-state index is 0.870. The highest BCUT2D eigenvalue weighted by Crippen LogP contribution is 2.41. The van der Waals surface area contributed by atoms with Crippen LogP contribution < -0.4 is 4.74 Å². The van der Waals surface area contributed by atoms with Gasteiger partial charge in [-0.05, 0) is 108 Å². The summed E-state index contributed by atoms with van der Waals surface area (Å²) >= 11 is 0. The van der Waals surface area contributed by atoms with Gasteiger partial charge >= 0.3 is 0 Å². The average Bonchev–Trinajstić information content (AvgIpc) is 3.17. The molecular formula is C49H50O. The number of unbranched alkanes of at least 4 members (excludes halogenated alkanes) is 9. The maximum Gasteiger partial charge on any atom is 0.118 e. The van der Waals surface area contributed by atoms with E-state index in [9.17, 15) is 0 Å². The normalized spacial score (nSPS) is 11.5. The Bertz CT molecular complexity index is 2170. The molecule has 0 aliphatic rings. The van der Waals surface area contributed by atoms with Crippen LogP contribution in [0, 0.1) is 0 Å². The van der Waals surface area contributed by atoms with Crippen LogP contribution in [0.25, 0.3) is 65.7 Å². The van der Waals surface area contributed by atoms with Crippen molar-refractivity contribution in [3.8, 4) is 39.1 Å². The van der Waals surface area contributed by atoms with Gasteiger partial charge in [0.2, 0.25) is 0 Å². The second kappa shape index (κ2) is 16.2. The summed E-state index contributed by atoms with van der Waals surface area (Å²) in [6.07, 6.45) is 15.0. The van der Waals surface area contributed by atoms with Crippen molar-refractivity contribution >= 4 is 32.3 Å². The summed E-state index contributed by atoms with van der Waals surface area (Å²) in [5, 5.41) is 7.69. The first kappa shape index (κ1) is 33.6. The Morgan fingerprint density at radius 3 is 1.80 bits per heavy atom. The summed E-state index contributed by atoms with van der Waals surface area (Å²) in [5.74, 6) is 0.870. The van der Waals surface area contributed by atoms with Crippen LogP contribution in [0.2, 0.25) is 0 Å². The van der Waals surface area contributed by atoms with Crippen LogP contribution in [0.3, 0.4) is 0 Å². The van der Waals surface area contributed by atoms with Crippen LogP contribution in [0.15, 0.2) is 133 Å². The van der Waals surface area contributed by atoms with Crippen molar-refractivity contribution in [3.63, 3.8) is 0 Å². The molecule has 0 bridgehead atoms. The van der Waals surface area contributed by atoms with E-state index in [0.29, 0.717) is 0 Å². The fourth-order valence-electron chi connectivity index (χ4n) is 7.70. The third-order valence-electron chi connectivity index (χ3n) is 10.5. The van der Waals surface area contributed by atoms with Gasteiger partial charge in [0, 0.05) is 0 Å². The molecule has 0 saturated carbocycles. The predicted octanol–water partition coefficient (Wildman–Crippen LogP) is 14.6. The van der Waals surface area contributed by atoms with Crippen LogP contribution in [0.1, 0.15) is 76.7 Å². The number of aryl methyl sites for hydroxylation is 1. The molecule has 0 heterocycles. The monoisotopic (exact) mass is 654 g/mol. The van der Waals surface area contributed by atoms with E-state index in [-0.39, 0.29) is 0 Å². The largest absolute Gasteiger partial charge is 0.497 e. The van der Waals surface area contributed by atoms with Crippen LogP contribution >= 0.6 is 0 Å². The molecule has 1 heteroatoms. The van der Waals surface area contributed by atoms with Gasteiger partial charge in [0.1, 0.15) is 5.75 Å². The number of methoxy groups -OCH3 is 1. The summed E-state index contributed by atoms with van der Waals surface area (Å²) in [4.78, 5) is 0. The molecule has 0 atom stereocenters. The zero-order valence-electron chi connectivity index (χ0n) is 29.9. The number of benzene rings is 7. The summed E-state index contributed by atoms with van der Waals surface area (Å²) in [6.45, 7) is 2.29. The lowest BCUT2D eigenvalue weighted by molar-refractivity contribution is 0.415. The highest BCUT2D eigenvalue weighted by atomic mass is 16.5. The van der Waals surface area contributed by atoms with Gasteiger partial charge in [0.15, 0.2) is 0 Å². The molecule has 0 aromatic heterocycles. The lowest BCUT2D eigenvalue weighted by Crippen LogP contribution is -1.89. The van der Waals surface area contributed by atoms with E-state index in [1.54, 1.807) is 7.11 Å². The first-order chi connectivity index (χ1) is 24.7. The second-order valence-electron chi connectivity index (χ2n) is 14.0. The third-order valence-corrected chi connectivity index (χ3v) is 10.5. The van der Waals surface area contributed by atoms with Crippen LogP contribution in [0.5, 0.6) is 5.75 Å². The summed E-state index contributed by atoms with van der Waals surface area (Å²) in [5.41, 5.74) is 8.92. The van der Waals surface area contributed by atoms with Crippen molar-refractivity contribution in [2.45, 2.75) is 77.6 Å². The van der Waals surface area contributed by atoms with Crippen LogP contribution in [-0.2, 0) is 6.42 Å². The first-order valence-electron chi connectivity index (χ1n) is 18.9. The number of hydrogen-bond donors (Lipinski definition) is 0. The molecule has 252 valence electrons. The first-order valence-corrected chi connectivity index (χ1v) is 18.9. The molecule has 0 spiro atoms. The zero-order valence-corrected chi connectivity index (χ0v) is 29.9. The molecule has 50 heavy (non-hydrogen) atoms. The van der Waals surface area contributed by atoms with Gasteiger partial charge in [-0.3, -0.25) is 0 Å². The van der Waals surface area contributed by atoms with Crippen molar-refractivity contribution in [1.82, 2.24) is 0 Å². The van der Waals surface area contributed by atoms with E-state index in [0.717, 1.165) is 5.75 Å². The molecule has 7 aromatic carbocycles. The predicted molar refractivity (Wildman–Crippen MR) is 217 cm³/mol. The van der Waals surface area contributed by atoms with Crippen LogP contribution in [-0.4, -0.2) is 7.11 Å². The molecule has 0 amide bonds. The number of hydrogen-bond acceptors (Lipinski definition) is 1. The molecule has 7 rings (SSSR count).